The van der Waals surface area contributed by atoms with Gasteiger partial charge in [-0.1, -0.05) is 18.2 Å². The molecule has 3 atom stereocenters. The van der Waals surface area contributed by atoms with Crippen LogP contribution in [0.2, 0.25) is 0 Å². The highest BCUT2D eigenvalue weighted by Crippen LogP contribution is 2.43. The van der Waals surface area contributed by atoms with E-state index in [9.17, 15) is 5.11 Å². The third-order valence-corrected chi connectivity index (χ3v) is 5.99. The maximum absolute atomic E-state index is 9.45. The number of rotatable bonds is 4. The molecule has 1 N–H and O–H groups in total. The summed E-state index contributed by atoms with van der Waals surface area (Å²) in [4.78, 5) is 0. The fourth-order valence-corrected chi connectivity index (χ4v) is 4.56. The van der Waals surface area contributed by atoms with Crippen LogP contribution in [0.15, 0.2) is 30.3 Å². The summed E-state index contributed by atoms with van der Waals surface area (Å²) in [5, 5.41) is 9.45. The van der Waals surface area contributed by atoms with Crippen molar-refractivity contribution in [1.82, 2.24) is 0 Å². The molecule has 5 rings (SSSR count). The predicted octanol–water partition coefficient (Wildman–Crippen LogP) is 3.39. The summed E-state index contributed by atoms with van der Waals surface area (Å²) in [7, 11) is 0. The molecule has 0 bridgehead atoms. The van der Waals surface area contributed by atoms with Gasteiger partial charge in [0.25, 0.3) is 0 Å². The smallest absolute Gasteiger partial charge is 0.164 e. The first-order valence-electron chi connectivity index (χ1n) is 9.50. The van der Waals surface area contributed by atoms with Crippen molar-refractivity contribution in [2.45, 2.75) is 45.2 Å². The van der Waals surface area contributed by atoms with Crippen molar-refractivity contribution >= 4 is 0 Å². The molecule has 136 valence electrons. The van der Waals surface area contributed by atoms with Gasteiger partial charge in [0.2, 0.25) is 0 Å². The fourth-order valence-electron chi connectivity index (χ4n) is 4.56. The molecule has 2 aromatic rings. The van der Waals surface area contributed by atoms with Gasteiger partial charge in [-0.2, -0.15) is 0 Å². The summed E-state index contributed by atoms with van der Waals surface area (Å²) in [5.41, 5.74) is 7.40. The van der Waals surface area contributed by atoms with Crippen molar-refractivity contribution in [3.8, 4) is 16.9 Å². The summed E-state index contributed by atoms with van der Waals surface area (Å²) >= 11 is 0. The number of aryl methyl sites for hydroxylation is 1. The molecule has 2 heterocycles. The van der Waals surface area contributed by atoms with E-state index in [1.54, 1.807) is 0 Å². The second-order valence-electron chi connectivity index (χ2n) is 7.56. The molecule has 0 amide bonds. The van der Waals surface area contributed by atoms with Gasteiger partial charge in [0.15, 0.2) is 6.29 Å². The monoisotopic (exact) mass is 352 g/mol. The number of ether oxygens (including phenoxy) is 3. The normalized spacial score (nSPS) is 26.3. The molecule has 2 aromatic carbocycles. The highest BCUT2D eigenvalue weighted by molar-refractivity contribution is 5.76. The highest BCUT2D eigenvalue weighted by atomic mass is 16.7. The van der Waals surface area contributed by atoms with Crippen LogP contribution in [0.3, 0.4) is 0 Å². The van der Waals surface area contributed by atoms with E-state index < -0.39 is 0 Å². The first kappa shape index (κ1) is 16.3. The number of fused-ring (bicyclic) bond motifs is 2. The summed E-state index contributed by atoms with van der Waals surface area (Å²) in [6.07, 6.45) is 3.18. The summed E-state index contributed by atoms with van der Waals surface area (Å²) in [6, 6.07) is 10.4. The zero-order valence-corrected chi connectivity index (χ0v) is 15.0. The van der Waals surface area contributed by atoms with Crippen molar-refractivity contribution in [2.75, 3.05) is 13.2 Å². The van der Waals surface area contributed by atoms with Gasteiger partial charge in [-0.15, -0.1) is 0 Å². The molecule has 2 aliphatic heterocycles. The summed E-state index contributed by atoms with van der Waals surface area (Å²) in [5.74, 6) is 1.37. The minimum atomic E-state index is -0.0764. The van der Waals surface area contributed by atoms with Crippen LogP contribution in [0.25, 0.3) is 11.1 Å². The van der Waals surface area contributed by atoms with Gasteiger partial charge < -0.3 is 19.3 Å². The van der Waals surface area contributed by atoms with Crippen LogP contribution in [-0.2, 0) is 28.9 Å². The molecule has 2 saturated heterocycles. The molecule has 3 aliphatic rings. The average Bonchev–Trinajstić information content (AvgIpc) is 3.22. The van der Waals surface area contributed by atoms with Crippen molar-refractivity contribution in [3.63, 3.8) is 0 Å². The van der Waals surface area contributed by atoms with Gasteiger partial charge in [-0.05, 0) is 71.7 Å². The van der Waals surface area contributed by atoms with Crippen LogP contribution >= 0.6 is 0 Å². The molecule has 0 spiro atoms. The molecular formula is C22H24O4. The first-order chi connectivity index (χ1) is 12.7. The molecular weight excluding hydrogens is 328 g/mol. The Kier molecular flexibility index (Phi) is 4.00. The Labute approximate surface area is 153 Å². The lowest BCUT2D eigenvalue weighted by molar-refractivity contribution is -0.0906. The minimum absolute atomic E-state index is 0.0720. The van der Waals surface area contributed by atoms with Crippen molar-refractivity contribution in [3.05, 3.63) is 52.6 Å². The van der Waals surface area contributed by atoms with E-state index in [-0.39, 0.29) is 19.0 Å². The Bertz CT molecular complexity index is 844. The molecule has 0 aromatic heterocycles. The maximum atomic E-state index is 9.45. The van der Waals surface area contributed by atoms with Gasteiger partial charge in [0, 0.05) is 0 Å². The Morgan fingerprint density at radius 3 is 2.85 bits per heavy atom. The zero-order chi connectivity index (χ0) is 17.7. The maximum Gasteiger partial charge on any atom is 0.164 e. The number of hydrogen-bond acceptors (Lipinski definition) is 4. The number of benzene rings is 2. The van der Waals surface area contributed by atoms with E-state index in [0.717, 1.165) is 37.2 Å². The topological polar surface area (TPSA) is 47.9 Å². The predicted molar refractivity (Wildman–Crippen MR) is 98.2 cm³/mol. The van der Waals surface area contributed by atoms with Crippen molar-refractivity contribution in [1.29, 1.82) is 0 Å². The highest BCUT2D eigenvalue weighted by Gasteiger charge is 2.43. The molecule has 4 nitrogen and oxygen atoms in total. The van der Waals surface area contributed by atoms with E-state index in [2.05, 4.69) is 25.1 Å². The lowest BCUT2D eigenvalue weighted by atomic mass is 9.79. The lowest BCUT2D eigenvalue weighted by Crippen LogP contribution is -2.27. The standard InChI is InChI=1S/C22H24O4/c1-13-9-19(26-20-12-25-22-18(20)7-8-24-22)16-5-6-17(16)21(13)15-4-2-3-14(10-15)11-23/h2-4,9-10,18,20,22-23H,5-8,11-12H2,1H3/t18-,20+,22+/m0/s1. The number of aliphatic hydroxyl groups is 1. The largest absolute Gasteiger partial charge is 0.487 e. The van der Waals surface area contributed by atoms with Gasteiger partial charge in [0.1, 0.15) is 11.9 Å². The van der Waals surface area contributed by atoms with Crippen molar-refractivity contribution < 1.29 is 19.3 Å². The molecule has 0 saturated carbocycles. The quantitative estimate of drug-likeness (QED) is 0.916. The summed E-state index contributed by atoms with van der Waals surface area (Å²) in [6.45, 7) is 3.61. The Hall–Kier alpha value is -1.88. The number of hydrogen-bond donors (Lipinski definition) is 1. The first-order valence-corrected chi connectivity index (χ1v) is 9.50. The van der Waals surface area contributed by atoms with Crippen LogP contribution in [0.1, 0.15) is 28.7 Å². The van der Waals surface area contributed by atoms with E-state index >= 15 is 0 Å². The molecule has 1 aliphatic carbocycles. The Balaban J connectivity index is 1.48. The van der Waals surface area contributed by atoms with Crippen molar-refractivity contribution in [2.24, 2.45) is 5.92 Å². The van der Waals surface area contributed by atoms with Crippen LogP contribution in [-0.4, -0.2) is 30.7 Å². The molecule has 26 heavy (non-hydrogen) atoms. The molecule has 0 unspecified atom stereocenters. The van der Waals surface area contributed by atoms with Crippen LogP contribution < -0.4 is 4.74 Å². The van der Waals surface area contributed by atoms with Crippen LogP contribution in [0, 0.1) is 12.8 Å². The second kappa shape index (κ2) is 6.38. The van der Waals surface area contributed by atoms with E-state index in [1.165, 1.54) is 27.8 Å². The Morgan fingerprint density at radius 2 is 2.04 bits per heavy atom. The van der Waals surface area contributed by atoms with Gasteiger partial charge in [0.05, 0.1) is 25.7 Å². The van der Waals surface area contributed by atoms with E-state index in [0.29, 0.717) is 12.5 Å². The average molecular weight is 352 g/mol. The third-order valence-electron chi connectivity index (χ3n) is 5.99. The molecule has 4 heteroatoms. The zero-order valence-electron chi connectivity index (χ0n) is 15.0. The van der Waals surface area contributed by atoms with E-state index in [4.69, 9.17) is 14.2 Å². The fraction of sp³-hybridized carbons (Fsp3) is 0.455. The molecule has 2 fully saturated rings. The Morgan fingerprint density at radius 1 is 1.15 bits per heavy atom. The third kappa shape index (κ3) is 2.56. The van der Waals surface area contributed by atoms with Crippen LogP contribution in [0.4, 0.5) is 0 Å². The summed E-state index contributed by atoms with van der Waals surface area (Å²) < 4.78 is 17.8. The van der Waals surface area contributed by atoms with Crippen LogP contribution in [0.5, 0.6) is 5.75 Å². The lowest BCUT2D eigenvalue weighted by Gasteiger charge is -2.30. The van der Waals surface area contributed by atoms with Gasteiger partial charge in [-0.25, -0.2) is 0 Å². The SMILES string of the molecule is Cc1cc(O[C@@H]2CO[C@H]3OCC[C@H]32)c2c(c1-c1cccc(CO)c1)CC2. The minimum Gasteiger partial charge on any atom is -0.487 e. The second-order valence-corrected chi connectivity index (χ2v) is 7.56. The molecule has 0 radical (unpaired) electrons. The van der Waals surface area contributed by atoms with Gasteiger partial charge in [-0.3, -0.25) is 0 Å². The van der Waals surface area contributed by atoms with E-state index in [1.807, 2.05) is 12.1 Å². The van der Waals surface area contributed by atoms with Gasteiger partial charge >= 0.3 is 0 Å². The number of aliphatic hydroxyl groups excluding tert-OH is 1.